The van der Waals surface area contributed by atoms with E-state index >= 15 is 0 Å². The van der Waals surface area contributed by atoms with Gasteiger partial charge in [-0.25, -0.2) is 4.79 Å². The van der Waals surface area contributed by atoms with Crippen molar-refractivity contribution in [3.63, 3.8) is 0 Å². The molecule has 0 spiro atoms. The van der Waals surface area contributed by atoms with Gasteiger partial charge in [0.2, 0.25) is 0 Å². The van der Waals surface area contributed by atoms with Crippen LogP contribution in [0.25, 0.3) is 0 Å². The predicted molar refractivity (Wildman–Crippen MR) is 104 cm³/mol. The van der Waals surface area contributed by atoms with Crippen LogP contribution in [0.5, 0.6) is 0 Å². The van der Waals surface area contributed by atoms with Crippen molar-refractivity contribution < 1.29 is 14.7 Å². The summed E-state index contributed by atoms with van der Waals surface area (Å²) >= 11 is 0. The van der Waals surface area contributed by atoms with Gasteiger partial charge in [-0.2, -0.15) is 5.10 Å². The molecule has 1 unspecified atom stereocenters. The quantitative estimate of drug-likeness (QED) is 0.778. The number of carbonyl (C=O) groups excluding carboxylic acids is 1. The number of urea groups is 1. The molecule has 8 heteroatoms. The summed E-state index contributed by atoms with van der Waals surface area (Å²) in [6.07, 6.45) is 3.94. The summed E-state index contributed by atoms with van der Waals surface area (Å²) in [5.41, 5.74) is 3.49. The van der Waals surface area contributed by atoms with Gasteiger partial charge in [-0.3, -0.25) is 14.4 Å². The van der Waals surface area contributed by atoms with Crippen molar-refractivity contribution in [1.82, 2.24) is 24.9 Å². The van der Waals surface area contributed by atoms with Crippen LogP contribution in [0.15, 0.2) is 0 Å². The Labute approximate surface area is 161 Å². The van der Waals surface area contributed by atoms with Crippen LogP contribution < -0.4 is 5.32 Å². The Morgan fingerprint density at radius 3 is 2.52 bits per heavy atom. The van der Waals surface area contributed by atoms with Crippen LogP contribution in [0.4, 0.5) is 4.79 Å². The first-order valence-corrected chi connectivity index (χ1v) is 9.76. The summed E-state index contributed by atoms with van der Waals surface area (Å²) < 4.78 is 1.99. The van der Waals surface area contributed by atoms with Crippen LogP contribution in [0.2, 0.25) is 0 Å². The van der Waals surface area contributed by atoms with E-state index in [1.165, 1.54) is 37.1 Å². The number of aromatic nitrogens is 2. The number of aryl methyl sites for hydroxylation is 1. The van der Waals surface area contributed by atoms with Gasteiger partial charge in [0.15, 0.2) is 0 Å². The molecule has 8 nitrogen and oxygen atoms in total. The average molecular weight is 380 g/mol. The van der Waals surface area contributed by atoms with Gasteiger partial charge in [-0.05, 0) is 52.6 Å². The number of carbonyl (C=O) groups is 2. The molecule has 2 N–H and O–H groups in total. The third kappa shape index (κ3) is 5.22. The van der Waals surface area contributed by atoms with Gasteiger partial charge in [0, 0.05) is 37.4 Å². The number of carboxylic acid groups (broad SMARTS) is 1. The molecule has 27 heavy (non-hydrogen) atoms. The lowest BCUT2D eigenvalue weighted by Crippen LogP contribution is -2.65. The van der Waals surface area contributed by atoms with E-state index < -0.39 is 0 Å². The Morgan fingerprint density at radius 2 is 1.96 bits per heavy atom. The summed E-state index contributed by atoms with van der Waals surface area (Å²) in [4.78, 5) is 25.1. The van der Waals surface area contributed by atoms with Crippen LogP contribution in [-0.2, 0) is 11.3 Å². The predicted octanol–water partition coefficient (Wildman–Crippen LogP) is 1.78. The third-order valence-electron chi connectivity index (χ3n) is 5.82. The van der Waals surface area contributed by atoms with Gasteiger partial charge < -0.3 is 15.3 Å². The topological polar surface area (TPSA) is 90.7 Å². The van der Waals surface area contributed by atoms with Crippen LogP contribution in [0.3, 0.4) is 0 Å². The Bertz CT molecular complexity index is 640. The fraction of sp³-hybridized carbons (Fsp3) is 0.737. The lowest BCUT2D eigenvalue weighted by Gasteiger charge is -2.49. The van der Waals surface area contributed by atoms with Crippen molar-refractivity contribution in [2.24, 2.45) is 0 Å². The van der Waals surface area contributed by atoms with Crippen molar-refractivity contribution >= 4 is 12.5 Å². The Hall–Kier alpha value is -2.09. The zero-order valence-corrected chi connectivity index (χ0v) is 16.9. The molecular weight excluding hydrogens is 346 g/mol. The fourth-order valence-corrected chi connectivity index (χ4v) is 3.88. The van der Waals surface area contributed by atoms with Crippen molar-refractivity contribution in [2.45, 2.75) is 65.6 Å². The second-order valence-corrected chi connectivity index (χ2v) is 7.50. The van der Waals surface area contributed by atoms with E-state index in [2.05, 4.69) is 36.1 Å². The molecule has 1 aromatic heterocycles. The molecule has 1 aromatic rings. The molecule has 2 saturated heterocycles. The van der Waals surface area contributed by atoms with Gasteiger partial charge in [-0.15, -0.1) is 0 Å². The number of amides is 2. The number of rotatable bonds is 4. The molecule has 3 rings (SSSR count). The Balaban J connectivity index is 0.000000817. The van der Waals surface area contributed by atoms with Crippen molar-refractivity contribution in [3.05, 3.63) is 17.0 Å². The minimum atomic E-state index is -0.250. The van der Waals surface area contributed by atoms with Gasteiger partial charge in [0.25, 0.3) is 6.47 Å². The van der Waals surface area contributed by atoms with Crippen LogP contribution in [0.1, 0.15) is 43.1 Å². The lowest BCUT2D eigenvalue weighted by molar-refractivity contribution is -0.122. The molecular formula is C19H33N5O3. The number of piperidine rings is 1. The average Bonchev–Trinajstić information content (AvgIpc) is 2.83. The zero-order valence-electron chi connectivity index (χ0n) is 16.9. The van der Waals surface area contributed by atoms with Crippen molar-refractivity contribution in [1.29, 1.82) is 0 Å². The third-order valence-corrected chi connectivity index (χ3v) is 5.82. The van der Waals surface area contributed by atoms with E-state index in [1.54, 1.807) is 0 Å². The summed E-state index contributed by atoms with van der Waals surface area (Å²) in [5.74, 6) is 0. The molecule has 0 aromatic carbocycles. The van der Waals surface area contributed by atoms with Crippen LogP contribution in [0, 0.1) is 20.8 Å². The second-order valence-electron chi connectivity index (χ2n) is 7.50. The lowest BCUT2D eigenvalue weighted by atomic mass is 9.98. The number of hydrogen-bond acceptors (Lipinski definition) is 4. The SMILES string of the molecule is Cc1nn(CCNC(=O)N2CC(N3CCCCC3C)C2)c(C)c1C.O=CO. The minimum absolute atomic E-state index is 0.0640. The normalized spacial score (nSPS) is 20.4. The van der Waals surface area contributed by atoms with Crippen LogP contribution >= 0.6 is 0 Å². The molecule has 2 fully saturated rings. The maximum absolute atomic E-state index is 12.2. The monoisotopic (exact) mass is 379 g/mol. The summed E-state index contributed by atoms with van der Waals surface area (Å²) in [6, 6.07) is 1.29. The van der Waals surface area contributed by atoms with E-state index in [0.717, 1.165) is 25.3 Å². The highest BCUT2D eigenvalue weighted by atomic mass is 16.3. The molecule has 0 aliphatic carbocycles. The maximum atomic E-state index is 12.2. The largest absolute Gasteiger partial charge is 0.483 e. The highest BCUT2D eigenvalue weighted by Crippen LogP contribution is 2.24. The van der Waals surface area contributed by atoms with E-state index in [0.29, 0.717) is 18.6 Å². The molecule has 0 radical (unpaired) electrons. The highest BCUT2D eigenvalue weighted by molar-refractivity contribution is 5.75. The first kappa shape index (κ1) is 21.2. The molecule has 152 valence electrons. The molecule has 1 atom stereocenters. The summed E-state index contributed by atoms with van der Waals surface area (Å²) in [6.45, 7) is 12.6. The van der Waals surface area contributed by atoms with Gasteiger partial charge in [0.1, 0.15) is 0 Å². The molecule has 3 heterocycles. The fourth-order valence-electron chi connectivity index (χ4n) is 3.88. The number of nitrogens with zero attached hydrogens (tertiary/aromatic N) is 4. The van der Waals surface area contributed by atoms with Crippen LogP contribution in [-0.4, -0.2) is 75.5 Å². The van der Waals surface area contributed by atoms with Crippen molar-refractivity contribution in [3.8, 4) is 0 Å². The first-order chi connectivity index (χ1) is 12.9. The van der Waals surface area contributed by atoms with E-state index in [9.17, 15) is 4.79 Å². The zero-order chi connectivity index (χ0) is 20.0. The number of nitrogens with one attached hydrogen (secondary N) is 1. The number of hydrogen-bond donors (Lipinski definition) is 2. The van der Waals surface area contributed by atoms with E-state index in [-0.39, 0.29) is 12.5 Å². The first-order valence-electron chi connectivity index (χ1n) is 9.76. The molecule has 0 bridgehead atoms. The molecule has 2 amide bonds. The van der Waals surface area contributed by atoms with Crippen molar-refractivity contribution in [2.75, 3.05) is 26.2 Å². The van der Waals surface area contributed by atoms with E-state index in [4.69, 9.17) is 9.90 Å². The van der Waals surface area contributed by atoms with E-state index in [1.807, 2.05) is 16.5 Å². The molecule has 2 aliphatic heterocycles. The van der Waals surface area contributed by atoms with Gasteiger partial charge >= 0.3 is 6.03 Å². The summed E-state index contributed by atoms with van der Waals surface area (Å²) in [7, 11) is 0. The standard InChI is InChI=1S/C18H31N5O.CH2O2/c1-13-7-5-6-9-22(13)17-11-21(12-17)18(24)19-8-10-23-16(4)14(2)15(3)20-23;2-1-3/h13,17H,5-12H2,1-4H3,(H,19,24);1H,(H,2,3). The second kappa shape index (κ2) is 9.73. The highest BCUT2D eigenvalue weighted by Gasteiger charge is 2.37. The molecule has 2 aliphatic rings. The minimum Gasteiger partial charge on any atom is -0.483 e. The van der Waals surface area contributed by atoms with Gasteiger partial charge in [-0.1, -0.05) is 6.42 Å². The van der Waals surface area contributed by atoms with Gasteiger partial charge in [0.05, 0.1) is 12.2 Å². The Morgan fingerprint density at radius 1 is 1.30 bits per heavy atom. The Kier molecular flexibility index (Phi) is 7.65. The molecule has 0 saturated carbocycles. The number of likely N-dealkylation sites (tertiary alicyclic amines) is 2. The maximum Gasteiger partial charge on any atom is 0.317 e. The smallest absolute Gasteiger partial charge is 0.317 e. The summed E-state index contributed by atoms with van der Waals surface area (Å²) in [5, 5.41) is 14.4.